The van der Waals surface area contributed by atoms with Crippen LogP contribution in [0.4, 0.5) is 0 Å². The molecule has 10 nitrogen and oxygen atoms in total. The zero-order valence-electron chi connectivity index (χ0n) is 27.2. The van der Waals surface area contributed by atoms with Crippen molar-refractivity contribution in [3.05, 3.63) is 58.2 Å². The number of benzene rings is 1. The zero-order valence-corrected chi connectivity index (χ0v) is 27.2. The van der Waals surface area contributed by atoms with Gasteiger partial charge in [0.05, 0.1) is 19.6 Å². The second kappa shape index (κ2) is 30.0. The van der Waals surface area contributed by atoms with E-state index in [2.05, 4.69) is 54.3 Å². The van der Waals surface area contributed by atoms with Crippen LogP contribution in [0.1, 0.15) is 117 Å². The Morgan fingerprint density at radius 2 is 1.63 bits per heavy atom. The number of carbonyl (C=O) groups excluding carboxylic acids is 3. The number of hydrogen-bond donors (Lipinski definition) is 2. The number of esters is 1. The van der Waals surface area contributed by atoms with Crippen LogP contribution >= 0.6 is 0 Å². The van der Waals surface area contributed by atoms with Crippen LogP contribution in [0.5, 0.6) is 0 Å². The van der Waals surface area contributed by atoms with Crippen LogP contribution in [0.25, 0.3) is 0 Å². The lowest BCUT2D eigenvalue weighted by Crippen LogP contribution is -2.44. The lowest BCUT2D eigenvalue weighted by molar-refractivity contribution is -0.757. The predicted octanol–water partition coefficient (Wildman–Crippen LogP) is 6.88. The second-order valence-electron chi connectivity index (χ2n) is 9.95. The van der Waals surface area contributed by atoms with Gasteiger partial charge in [-0.2, -0.15) is 0 Å². The van der Waals surface area contributed by atoms with Crippen molar-refractivity contribution in [1.29, 1.82) is 0 Å². The number of carbonyl (C=O) groups is 3. The molecule has 0 aliphatic heterocycles. The molecular formula is C33H57N3O7. The zero-order chi connectivity index (χ0) is 32.7. The first-order valence-corrected chi connectivity index (χ1v) is 15.9. The molecule has 0 heterocycles. The standard InChI is InChI=1S/C16H26.C15H25N3O7.C2H6/c1-3-15(4-2)11-7-5-8-12-16-13-9-6-10-14-16;1-2-3-4-5-8-14(20)17-12(11-13(16)19)15(21)24-9-6-7-10-25-18(22)23;1-2/h6,9-10,13-15H,3-5,7-8,11-12H2,1-2H3;2-3,12H,4-11H2,1H3,(H2,16,19)(H,17,20);1-2H3/b;3-2-;. The van der Waals surface area contributed by atoms with Gasteiger partial charge in [-0.1, -0.05) is 102 Å². The first-order chi connectivity index (χ1) is 20.7. The van der Waals surface area contributed by atoms with Crippen LogP contribution < -0.4 is 11.1 Å². The van der Waals surface area contributed by atoms with Gasteiger partial charge in [0.1, 0.15) is 6.04 Å². The molecule has 43 heavy (non-hydrogen) atoms. The highest BCUT2D eigenvalue weighted by molar-refractivity contribution is 5.88. The molecule has 246 valence electrons. The number of allylic oxidation sites excluding steroid dienone is 2. The molecule has 1 rings (SSSR count). The molecule has 3 N–H and O–H groups in total. The van der Waals surface area contributed by atoms with E-state index >= 15 is 0 Å². The predicted molar refractivity (Wildman–Crippen MR) is 172 cm³/mol. The Balaban J connectivity index is 0. The fourth-order valence-corrected chi connectivity index (χ4v) is 4.11. The minimum Gasteiger partial charge on any atom is -0.464 e. The molecular weight excluding hydrogens is 550 g/mol. The van der Waals surface area contributed by atoms with E-state index in [0.717, 1.165) is 12.3 Å². The maximum atomic E-state index is 11.9. The highest BCUT2D eigenvalue weighted by Gasteiger charge is 2.24. The van der Waals surface area contributed by atoms with Gasteiger partial charge in [-0.3, -0.25) is 9.59 Å². The number of nitrogens with zero attached hydrogens (tertiary/aromatic N) is 1. The van der Waals surface area contributed by atoms with Gasteiger partial charge in [0.15, 0.2) is 0 Å². The summed E-state index contributed by atoms with van der Waals surface area (Å²) >= 11 is 0. The van der Waals surface area contributed by atoms with Crippen LogP contribution in [-0.4, -0.2) is 42.1 Å². The minimum absolute atomic E-state index is 0.00760. The van der Waals surface area contributed by atoms with Crippen molar-refractivity contribution in [3.63, 3.8) is 0 Å². The van der Waals surface area contributed by atoms with E-state index in [0.29, 0.717) is 19.3 Å². The molecule has 0 saturated carbocycles. The van der Waals surface area contributed by atoms with Gasteiger partial charge >= 0.3 is 5.97 Å². The van der Waals surface area contributed by atoms with Crippen molar-refractivity contribution in [2.75, 3.05) is 13.2 Å². The van der Waals surface area contributed by atoms with Crippen molar-refractivity contribution in [3.8, 4) is 0 Å². The van der Waals surface area contributed by atoms with Crippen molar-refractivity contribution in [2.45, 2.75) is 124 Å². The molecule has 1 unspecified atom stereocenters. The van der Waals surface area contributed by atoms with Gasteiger partial charge in [0.2, 0.25) is 11.8 Å². The molecule has 2 amide bonds. The topological polar surface area (TPSA) is 151 Å². The Hall–Kier alpha value is -3.43. The number of primary amides is 1. The molecule has 0 fully saturated rings. The lowest BCUT2D eigenvalue weighted by Gasteiger charge is -2.16. The van der Waals surface area contributed by atoms with Gasteiger partial charge < -0.3 is 20.6 Å². The largest absolute Gasteiger partial charge is 0.464 e. The van der Waals surface area contributed by atoms with E-state index in [1.165, 1.54) is 50.5 Å². The van der Waals surface area contributed by atoms with Crippen molar-refractivity contribution < 1.29 is 29.0 Å². The summed E-state index contributed by atoms with van der Waals surface area (Å²) in [7, 11) is 0. The molecule has 0 radical (unpaired) electrons. The van der Waals surface area contributed by atoms with Crippen LogP contribution in [0.15, 0.2) is 42.5 Å². The van der Waals surface area contributed by atoms with E-state index in [1.807, 2.05) is 32.9 Å². The number of nitrogens with one attached hydrogen (secondary N) is 1. The van der Waals surface area contributed by atoms with Crippen molar-refractivity contribution >= 4 is 17.8 Å². The molecule has 1 atom stereocenters. The number of aryl methyl sites for hydroxylation is 1. The average molecular weight is 608 g/mol. The Labute approximate surface area is 259 Å². The normalized spacial score (nSPS) is 11.0. The van der Waals surface area contributed by atoms with E-state index in [9.17, 15) is 24.5 Å². The summed E-state index contributed by atoms with van der Waals surface area (Å²) < 4.78 is 4.96. The molecule has 10 heteroatoms. The lowest BCUT2D eigenvalue weighted by atomic mass is 9.95. The summed E-state index contributed by atoms with van der Waals surface area (Å²) in [5, 5.41) is 11.5. The fourth-order valence-electron chi connectivity index (χ4n) is 4.11. The summed E-state index contributed by atoms with van der Waals surface area (Å²) in [6.07, 6.45) is 15.2. The van der Waals surface area contributed by atoms with Gasteiger partial charge in [-0.15, -0.1) is 10.1 Å². The van der Waals surface area contributed by atoms with Crippen molar-refractivity contribution in [2.24, 2.45) is 11.7 Å². The third-order valence-corrected chi connectivity index (χ3v) is 6.59. The van der Waals surface area contributed by atoms with Crippen LogP contribution in [0, 0.1) is 16.0 Å². The number of rotatable bonds is 22. The van der Waals surface area contributed by atoms with E-state index in [-0.39, 0.29) is 32.0 Å². The van der Waals surface area contributed by atoms with E-state index < -0.39 is 23.0 Å². The highest BCUT2D eigenvalue weighted by Crippen LogP contribution is 2.17. The van der Waals surface area contributed by atoms with Crippen molar-refractivity contribution in [1.82, 2.24) is 5.32 Å². The molecule has 1 aromatic rings. The Morgan fingerprint density at radius 3 is 2.21 bits per heavy atom. The quantitative estimate of drug-likeness (QED) is 0.0479. The molecule has 1 aromatic carbocycles. The van der Waals surface area contributed by atoms with Gasteiger partial charge in [-0.25, -0.2) is 4.79 Å². The molecule has 0 saturated heterocycles. The molecule has 0 spiro atoms. The summed E-state index contributed by atoms with van der Waals surface area (Å²) in [4.78, 5) is 48.9. The summed E-state index contributed by atoms with van der Waals surface area (Å²) in [5.74, 6) is -0.907. The van der Waals surface area contributed by atoms with Crippen LogP contribution in [-0.2, 0) is 30.4 Å². The highest BCUT2D eigenvalue weighted by atomic mass is 16.9. The first kappa shape index (κ1) is 41.7. The SMILES string of the molecule is C/C=C\CCCC(=O)NC(CC(N)=O)C(=O)OCCCCO[N+](=O)[O-].CC.CCC(CC)CCCCCc1ccccc1. The third kappa shape index (κ3) is 27.2. The van der Waals surface area contributed by atoms with Crippen LogP contribution in [0.3, 0.4) is 0 Å². The molecule has 0 aliphatic carbocycles. The summed E-state index contributed by atoms with van der Waals surface area (Å²) in [6.45, 7) is 10.4. The fraction of sp³-hybridized carbons (Fsp3) is 0.667. The number of nitrogens with two attached hydrogens (primary N) is 1. The monoisotopic (exact) mass is 607 g/mol. The Kier molecular flexibility index (Phi) is 29.1. The van der Waals surface area contributed by atoms with E-state index in [1.54, 1.807) is 0 Å². The second-order valence-corrected chi connectivity index (χ2v) is 9.95. The number of unbranched alkanes of at least 4 members (excludes halogenated alkanes) is 4. The van der Waals surface area contributed by atoms with E-state index in [4.69, 9.17) is 10.5 Å². The smallest absolute Gasteiger partial charge is 0.329 e. The maximum Gasteiger partial charge on any atom is 0.329 e. The minimum atomic E-state index is -1.14. The average Bonchev–Trinajstić information content (AvgIpc) is 3.00. The summed E-state index contributed by atoms with van der Waals surface area (Å²) in [6, 6.07) is 9.71. The molecule has 0 aliphatic rings. The van der Waals surface area contributed by atoms with Gasteiger partial charge in [0.25, 0.3) is 5.09 Å². The Morgan fingerprint density at radius 1 is 0.977 bits per heavy atom. The molecule has 0 aromatic heterocycles. The first-order valence-electron chi connectivity index (χ1n) is 15.9. The van der Waals surface area contributed by atoms with Gasteiger partial charge in [0, 0.05) is 6.42 Å². The Bertz CT molecular complexity index is 875. The van der Waals surface area contributed by atoms with Gasteiger partial charge in [-0.05, 0) is 56.9 Å². The number of ether oxygens (including phenoxy) is 1. The molecule has 0 bridgehead atoms. The van der Waals surface area contributed by atoms with Crippen LogP contribution in [0.2, 0.25) is 0 Å². The number of hydrogen-bond acceptors (Lipinski definition) is 7. The maximum absolute atomic E-state index is 11.9. The summed E-state index contributed by atoms with van der Waals surface area (Å²) in [5.41, 5.74) is 6.57. The number of amides is 2. The third-order valence-electron chi connectivity index (χ3n) is 6.59.